The third kappa shape index (κ3) is 3.23. The monoisotopic (exact) mass is 317 g/mol. The summed E-state index contributed by atoms with van der Waals surface area (Å²) in [6.07, 6.45) is 1.82. The van der Waals surface area contributed by atoms with E-state index in [1.165, 1.54) is 12.1 Å². The maximum atomic E-state index is 10.8. The zero-order valence-corrected chi connectivity index (χ0v) is 12.6. The molecule has 3 rings (SSSR count). The van der Waals surface area contributed by atoms with Crippen molar-refractivity contribution in [2.24, 2.45) is 0 Å². The Kier molecular flexibility index (Phi) is 4.04. The molecule has 114 valence electrons. The van der Waals surface area contributed by atoms with Gasteiger partial charge in [-0.25, -0.2) is 0 Å². The predicted octanol–water partition coefficient (Wildman–Crippen LogP) is 3.75. The first-order valence-electron chi connectivity index (χ1n) is 6.93. The van der Waals surface area contributed by atoms with Gasteiger partial charge in [-0.15, -0.1) is 0 Å². The number of rotatable bonds is 6. The average Bonchev–Trinajstić information content (AvgIpc) is 3.27. The Labute approximate surface area is 132 Å². The molecule has 0 bridgehead atoms. The second-order valence-corrected chi connectivity index (χ2v) is 6.55. The molecule has 0 amide bonds. The van der Waals surface area contributed by atoms with E-state index in [9.17, 15) is 15.2 Å². The molecule has 5 nitrogen and oxygen atoms in total. The Balaban J connectivity index is 1.79. The van der Waals surface area contributed by atoms with Crippen LogP contribution in [-0.2, 0) is 6.61 Å². The van der Waals surface area contributed by atoms with Crippen LogP contribution in [0, 0.1) is 10.1 Å². The van der Waals surface area contributed by atoms with Gasteiger partial charge in [-0.05, 0) is 18.2 Å². The number of nitro benzene ring substituents is 1. The van der Waals surface area contributed by atoms with Crippen molar-refractivity contribution in [3.05, 3.63) is 64.2 Å². The van der Waals surface area contributed by atoms with Crippen molar-refractivity contribution in [3.8, 4) is 5.75 Å². The Morgan fingerprint density at radius 1 is 1.23 bits per heavy atom. The Bertz CT molecular complexity index is 686. The van der Waals surface area contributed by atoms with Crippen molar-refractivity contribution in [1.29, 1.82) is 0 Å². The molecule has 1 aliphatic rings. The first-order chi connectivity index (χ1) is 10.6. The van der Waals surface area contributed by atoms with E-state index in [2.05, 4.69) is 0 Å². The number of hydrogen-bond acceptors (Lipinski definition) is 5. The lowest BCUT2D eigenvalue weighted by atomic mass is 10.2. The fourth-order valence-electron chi connectivity index (χ4n) is 2.13. The smallest absolute Gasteiger partial charge is 0.270 e. The minimum Gasteiger partial charge on any atom is -0.476 e. The zero-order chi connectivity index (χ0) is 15.6. The second kappa shape index (κ2) is 5.98. The van der Waals surface area contributed by atoms with Gasteiger partial charge in [-0.3, -0.25) is 10.1 Å². The number of aliphatic hydroxyl groups excluding tert-OH is 1. The molecule has 0 aliphatic heterocycles. The third-order valence-electron chi connectivity index (χ3n) is 3.43. The highest BCUT2D eigenvalue weighted by Gasteiger charge is 2.47. The summed E-state index contributed by atoms with van der Waals surface area (Å²) in [6.45, 7) is -0.289. The fourth-order valence-corrected chi connectivity index (χ4v) is 3.29. The normalized spacial score (nSPS) is 15.3. The predicted molar refractivity (Wildman–Crippen MR) is 83.9 cm³/mol. The van der Waals surface area contributed by atoms with Crippen LogP contribution in [0.15, 0.2) is 53.4 Å². The molecule has 0 radical (unpaired) electrons. The topological polar surface area (TPSA) is 72.6 Å². The molecule has 0 unspecified atom stereocenters. The molecule has 0 atom stereocenters. The van der Waals surface area contributed by atoms with Gasteiger partial charge in [-0.2, -0.15) is 0 Å². The quantitative estimate of drug-likeness (QED) is 0.499. The molecule has 0 aromatic heterocycles. The summed E-state index contributed by atoms with van der Waals surface area (Å²) in [5.74, 6) is 0.508. The van der Waals surface area contributed by atoms with Crippen molar-refractivity contribution in [2.75, 3.05) is 0 Å². The minimum atomic E-state index is -0.478. The van der Waals surface area contributed by atoms with Crippen LogP contribution in [0.4, 0.5) is 5.69 Å². The van der Waals surface area contributed by atoms with Crippen LogP contribution in [0.3, 0.4) is 0 Å². The van der Waals surface area contributed by atoms with Gasteiger partial charge in [0.25, 0.3) is 5.69 Å². The molecule has 1 saturated carbocycles. The number of ether oxygens (including phenoxy) is 1. The lowest BCUT2D eigenvalue weighted by Crippen LogP contribution is -2.14. The summed E-state index contributed by atoms with van der Waals surface area (Å²) in [5.41, 5.74) is 0.395. The molecule has 0 saturated heterocycles. The Morgan fingerprint density at radius 2 is 1.95 bits per heavy atom. The van der Waals surface area contributed by atoms with Crippen LogP contribution in [0.5, 0.6) is 5.75 Å². The van der Waals surface area contributed by atoms with E-state index < -0.39 is 4.92 Å². The molecule has 1 N–H and O–H groups in total. The van der Waals surface area contributed by atoms with E-state index in [-0.39, 0.29) is 17.2 Å². The van der Waals surface area contributed by atoms with Gasteiger partial charge in [0.15, 0.2) is 4.93 Å². The highest BCUT2D eigenvalue weighted by molar-refractivity contribution is 8.00. The molecular weight excluding hydrogens is 302 g/mol. The SMILES string of the molecule is O=[N+]([O-])c1ccc(OC2(Sc3ccccc3)CC2)c(CO)c1. The summed E-state index contributed by atoms with van der Waals surface area (Å²) >= 11 is 1.64. The number of non-ortho nitro benzene ring substituents is 1. The lowest BCUT2D eigenvalue weighted by Gasteiger charge is -2.19. The summed E-state index contributed by atoms with van der Waals surface area (Å²) in [4.78, 5) is 11.1. The van der Waals surface area contributed by atoms with E-state index in [4.69, 9.17) is 4.74 Å². The van der Waals surface area contributed by atoms with Gasteiger partial charge in [0.2, 0.25) is 0 Å². The van der Waals surface area contributed by atoms with Crippen molar-refractivity contribution < 1.29 is 14.8 Å². The molecule has 1 aliphatic carbocycles. The van der Waals surface area contributed by atoms with Crippen molar-refractivity contribution in [1.82, 2.24) is 0 Å². The highest BCUT2D eigenvalue weighted by atomic mass is 32.2. The van der Waals surface area contributed by atoms with Crippen LogP contribution < -0.4 is 4.74 Å². The molecule has 22 heavy (non-hydrogen) atoms. The summed E-state index contributed by atoms with van der Waals surface area (Å²) in [5, 5.41) is 20.2. The second-order valence-electron chi connectivity index (χ2n) is 5.14. The van der Waals surface area contributed by atoms with Gasteiger partial charge >= 0.3 is 0 Å². The van der Waals surface area contributed by atoms with Crippen LogP contribution in [0.25, 0.3) is 0 Å². The summed E-state index contributed by atoms with van der Waals surface area (Å²) < 4.78 is 6.05. The number of nitrogens with zero attached hydrogens (tertiary/aromatic N) is 1. The first-order valence-corrected chi connectivity index (χ1v) is 7.75. The maximum Gasteiger partial charge on any atom is 0.270 e. The molecule has 2 aromatic rings. The zero-order valence-electron chi connectivity index (χ0n) is 11.8. The molecule has 0 heterocycles. The molecule has 0 spiro atoms. The van der Waals surface area contributed by atoms with Gasteiger partial charge in [0, 0.05) is 35.4 Å². The number of benzene rings is 2. The van der Waals surface area contributed by atoms with Crippen LogP contribution in [-0.4, -0.2) is 15.0 Å². The number of hydrogen-bond donors (Lipinski definition) is 1. The molecule has 2 aromatic carbocycles. The fraction of sp³-hybridized carbons (Fsp3) is 0.250. The molecule has 1 fully saturated rings. The van der Waals surface area contributed by atoms with Gasteiger partial charge in [0.05, 0.1) is 11.5 Å². The van der Waals surface area contributed by atoms with E-state index >= 15 is 0 Å². The van der Waals surface area contributed by atoms with Crippen LogP contribution in [0.1, 0.15) is 18.4 Å². The van der Waals surface area contributed by atoms with Crippen molar-refractivity contribution in [2.45, 2.75) is 29.3 Å². The van der Waals surface area contributed by atoms with Crippen LogP contribution >= 0.6 is 11.8 Å². The standard InChI is InChI=1S/C16H15NO4S/c18-11-12-10-13(17(19)20)6-7-15(12)21-16(8-9-16)22-14-4-2-1-3-5-14/h1-7,10,18H,8-9,11H2. The molecule has 6 heteroatoms. The maximum absolute atomic E-state index is 10.8. The van der Waals surface area contributed by atoms with E-state index in [0.29, 0.717) is 11.3 Å². The Morgan fingerprint density at radius 3 is 2.55 bits per heavy atom. The van der Waals surface area contributed by atoms with Crippen molar-refractivity contribution >= 4 is 17.4 Å². The van der Waals surface area contributed by atoms with Gasteiger partial charge in [-0.1, -0.05) is 30.0 Å². The number of nitro groups is 1. The summed E-state index contributed by atoms with van der Waals surface area (Å²) in [7, 11) is 0. The highest BCUT2D eigenvalue weighted by Crippen LogP contribution is 2.53. The largest absolute Gasteiger partial charge is 0.476 e. The van der Waals surface area contributed by atoms with E-state index in [1.54, 1.807) is 17.8 Å². The lowest BCUT2D eigenvalue weighted by molar-refractivity contribution is -0.385. The summed E-state index contributed by atoms with van der Waals surface area (Å²) in [6, 6.07) is 14.3. The van der Waals surface area contributed by atoms with Crippen molar-refractivity contribution in [3.63, 3.8) is 0 Å². The van der Waals surface area contributed by atoms with Crippen LogP contribution in [0.2, 0.25) is 0 Å². The number of thioether (sulfide) groups is 1. The van der Waals surface area contributed by atoms with Gasteiger partial charge < -0.3 is 9.84 Å². The first kappa shape index (κ1) is 14.9. The van der Waals surface area contributed by atoms with Gasteiger partial charge in [0.1, 0.15) is 5.75 Å². The average molecular weight is 317 g/mol. The molecular formula is C16H15NO4S. The van der Waals surface area contributed by atoms with E-state index in [1.807, 2.05) is 30.3 Å². The number of aliphatic hydroxyl groups is 1. The third-order valence-corrected chi connectivity index (χ3v) is 4.80. The Hall–Kier alpha value is -2.05. The minimum absolute atomic E-state index is 0.0445. The van der Waals surface area contributed by atoms with E-state index in [0.717, 1.165) is 17.7 Å².